The smallest absolute Gasteiger partial charge is 0.220 e. The first-order valence-electron chi connectivity index (χ1n) is 11.4. The minimum absolute atomic E-state index is 0.0402. The number of rotatable bonds is 7. The van der Waals surface area contributed by atoms with Crippen molar-refractivity contribution in [3.8, 4) is 0 Å². The molecule has 0 saturated carbocycles. The molecular weight excluding hydrogens is 396 g/mol. The van der Waals surface area contributed by atoms with Gasteiger partial charge in [0.25, 0.3) is 0 Å². The molecule has 0 saturated heterocycles. The number of nitrogens with one attached hydrogen (secondary N) is 1. The van der Waals surface area contributed by atoms with Gasteiger partial charge in [-0.15, -0.1) is 10.2 Å². The van der Waals surface area contributed by atoms with Crippen LogP contribution in [0.3, 0.4) is 0 Å². The molecule has 1 amide bonds. The molecule has 1 aliphatic carbocycles. The van der Waals surface area contributed by atoms with Gasteiger partial charge in [0, 0.05) is 31.8 Å². The van der Waals surface area contributed by atoms with Gasteiger partial charge in [0.15, 0.2) is 0 Å². The Morgan fingerprint density at radius 3 is 2.47 bits per heavy atom. The second-order valence-electron chi connectivity index (χ2n) is 8.51. The number of nitrogens with zero attached hydrogens (tertiary/aromatic N) is 3. The predicted molar refractivity (Wildman–Crippen MR) is 126 cm³/mol. The van der Waals surface area contributed by atoms with Crippen LogP contribution in [0.5, 0.6) is 0 Å². The van der Waals surface area contributed by atoms with E-state index in [2.05, 4.69) is 75.5 Å². The molecule has 0 spiro atoms. The highest BCUT2D eigenvalue weighted by molar-refractivity contribution is 5.86. The average molecular weight is 425 g/mol. The average Bonchev–Trinajstić information content (AvgIpc) is 3.44. The minimum atomic E-state index is 0.0402. The van der Waals surface area contributed by atoms with Crippen molar-refractivity contribution in [3.63, 3.8) is 0 Å². The Hall–Kier alpha value is -3.47. The van der Waals surface area contributed by atoms with Gasteiger partial charge in [0.2, 0.25) is 5.91 Å². The van der Waals surface area contributed by atoms with Crippen LogP contribution in [0.2, 0.25) is 0 Å². The highest BCUT2D eigenvalue weighted by atomic mass is 16.1. The molecule has 32 heavy (non-hydrogen) atoms. The lowest BCUT2D eigenvalue weighted by molar-refractivity contribution is -0.121. The Morgan fingerprint density at radius 1 is 0.969 bits per heavy atom. The third kappa shape index (κ3) is 4.03. The fourth-order valence-corrected chi connectivity index (χ4v) is 4.88. The van der Waals surface area contributed by atoms with Gasteiger partial charge in [0.1, 0.15) is 11.6 Å². The quantitative estimate of drug-likeness (QED) is 0.472. The van der Waals surface area contributed by atoms with Crippen molar-refractivity contribution in [2.24, 2.45) is 0 Å². The highest BCUT2D eigenvalue weighted by Gasteiger charge is 2.27. The molecule has 1 heterocycles. The molecule has 4 aromatic rings. The van der Waals surface area contributed by atoms with Gasteiger partial charge in [-0.3, -0.25) is 4.79 Å². The zero-order valence-corrected chi connectivity index (χ0v) is 18.4. The molecule has 162 valence electrons. The summed E-state index contributed by atoms with van der Waals surface area (Å²) < 4.78 is 2.20. The van der Waals surface area contributed by atoms with Gasteiger partial charge in [-0.1, -0.05) is 66.7 Å². The number of fused-ring (bicyclic) bond motifs is 2. The summed E-state index contributed by atoms with van der Waals surface area (Å²) in [6.07, 6.45) is 3.04. The zero-order valence-electron chi connectivity index (χ0n) is 18.4. The van der Waals surface area contributed by atoms with Crippen molar-refractivity contribution in [2.45, 2.75) is 51.6 Å². The number of aromatic nitrogens is 3. The van der Waals surface area contributed by atoms with E-state index in [0.29, 0.717) is 25.3 Å². The Labute approximate surface area is 188 Å². The molecular formula is C27H28N4O. The van der Waals surface area contributed by atoms with E-state index >= 15 is 0 Å². The molecule has 0 radical (unpaired) electrons. The van der Waals surface area contributed by atoms with Crippen LogP contribution < -0.4 is 5.32 Å². The van der Waals surface area contributed by atoms with E-state index in [0.717, 1.165) is 36.6 Å². The standard InChI is InChI=1S/C27H28N4O/c1-2-31-25(29-30-27(31)23-16-20-9-3-4-10-21(20)17-23)14-15-26(32)28-18-22-12-7-11-19-8-5-6-13-24(19)22/h3-13,23H,2,14-18H2,1H3,(H,28,32). The Bertz CT molecular complexity index is 1230. The molecule has 5 rings (SSSR count). The van der Waals surface area contributed by atoms with E-state index in [1.807, 2.05) is 18.2 Å². The number of hydrogen-bond acceptors (Lipinski definition) is 3. The maximum Gasteiger partial charge on any atom is 0.220 e. The van der Waals surface area contributed by atoms with Crippen LogP contribution in [0.4, 0.5) is 0 Å². The molecule has 3 aromatic carbocycles. The first-order valence-corrected chi connectivity index (χ1v) is 11.4. The van der Waals surface area contributed by atoms with Gasteiger partial charge in [-0.05, 0) is 47.2 Å². The van der Waals surface area contributed by atoms with Crippen molar-refractivity contribution in [3.05, 3.63) is 95.1 Å². The van der Waals surface area contributed by atoms with Crippen LogP contribution in [0.15, 0.2) is 66.7 Å². The van der Waals surface area contributed by atoms with Gasteiger partial charge in [-0.2, -0.15) is 0 Å². The SMILES string of the molecule is CCn1c(CCC(=O)NCc2cccc3ccccc23)nnc1C1Cc2ccccc2C1. The second kappa shape index (κ2) is 8.95. The van der Waals surface area contributed by atoms with Crippen molar-refractivity contribution in [1.29, 1.82) is 0 Å². The largest absolute Gasteiger partial charge is 0.352 e. The van der Waals surface area contributed by atoms with E-state index < -0.39 is 0 Å². The maximum absolute atomic E-state index is 12.6. The number of carbonyl (C=O) groups excluding carboxylic acids is 1. The van der Waals surface area contributed by atoms with Crippen LogP contribution in [0.25, 0.3) is 10.8 Å². The number of carbonyl (C=O) groups is 1. The van der Waals surface area contributed by atoms with Crippen LogP contribution in [0, 0.1) is 0 Å². The number of aryl methyl sites for hydroxylation is 1. The molecule has 5 nitrogen and oxygen atoms in total. The molecule has 0 atom stereocenters. The summed E-state index contributed by atoms with van der Waals surface area (Å²) in [5.41, 5.74) is 3.96. The fraction of sp³-hybridized carbons (Fsp3) is 0.296. The van der Waals surface area contributed by atoms with Gasteiger partial charge in [0.05, 0.1) is 0 Å². The molecule has 5 heteroatoms. The number of benzene rings is 3. The summed E-state index contributed by atoms with van der Waals surface area (Å²) in [6.45, 7) is 3.48. The van der Waals surface area contributed by atoms with E-state index in [-0.39, 0.29) is 5.91 Å². The van der Waals surface area contributed by atoms with Crippen molar-refractivity contribution < 1.29 is 4.79 Å². The van der Waals surface area contributed by atoms with Crippen LogP contribution >= 0.6 is 0 Å². The topological polar surface area (TPSA) is 59.8 Å². The zero-order chi connectivity index (χ0) is 21.9. The minimum Gasteiger partial charge on any atom is -0.352 e. The van der Waals surface area contributed by atoms with Crippen LogP contribution in [-0.2, 0) is 37.1 Å². The summed E-state index contributed by atoms with van der Waals surface area (Å²) >= 11 is 0. The Morgan fingerprint density at radius 2 is 1.69 bits per heavy atom. The summed E-state index contributed by atoms with van der Waals surface area (Å²) in [7, 11) is 0. The molecule has 0 fully saturated rings. The molecule has 1 aromatic heterocycles. The van der Waals surface area contributed by atoms with E-state index in [9.17, 15) is 4.79 Å². The van der Waals surface area contributed by atoms with E-state index in [1.165, 1.54) is 21.9 Å². The van der Waals surface area contributed by atoms with Gasteiger partial charge < -0.3 is 9.88 Å². The number of hydrogen-bond donors (Lipinski definition) is 1. The van der Waals surface area contributed by atoms with Gasteiger partial charge in [-0.25, -0.2) is 0 Å². The fourth-order valence-electron chi connectivity index (χ4n) is 4.88. The third-order valence-corrected chi connectivity index (χ3v) is 6.52. The maximum atomic E-state index is 12.6. The molecule has 0 bridgehead atoms. The second-order valence-corrected chi connectivity index (χ2v) is 8.51. The van der Waals surface area contributed by atoms with Crippen LogP contribution in [-0.4, -0.2) is 20.7 Å². The van der Waals surface area contributed by atoms with E-state index in [1.54, 1.807) is 0 Å². The Balaban J connectivity index is 1.21. The molecule has 1 aliphatic rings. The molecule has 0 unspecified atom stereocenters. The first-order chi connectivity index (χ1) is 15.7. The van der Waals surface area contributed by atoms with Crippen molar-refractivity contribution in [2.75, 3.05) is 0 Å². The van der Waals surface area contributed by atoms with Crippen molar-refractivity contribution >= 4 is 16.7 Å². The Kier molecular flexibility index (Phi) is 5.71. The lowest BCUT2D eigenvalue weighted by Gasteiger charge is -2.12. The molecule has 0 aliphatic heterocycles. The third-order valence-electron chi connectivity index (χ3n) is 6.52. The molecule has 1 N–H and O–H groups in total. The van der Waals surface area contributed by atoms with Crippen LogP contribution in [0.1, 0.15) is 47.6 Å². The lowest BCUT2D eigenvalue weighted by Crippen LogP contribution is -2.23. The summed E-state index contributed by atoms with van der Waals surface area (Å²) in [5.74, 6) is 2.36. The number of amides is 1. The first kappa shape index (κ1) is 20.4. The predicted octanol–water partition coefficient (Wildman–Crippen LogP) is 4.58. The van der Waals surface area contributed by atoms with Gasteiger partial charge >= 0.3 is 0 Å². The summed E-state index contributed by atoms with van der Waals surface area (Å²) in [4.78, 5) is 12.6. The monoisotopic (exact) mass is 424 g/mol. The van der Waals surface area contributed by atoms with E-state index in [4.69, 9.17) is 0 Å². The highest BCUT2D eigenvalue weighted by Crippen LogP contribution is 2.33. The normalized spacial score (nSPS) is 13.4. The summed E-state index contributed by atoms with van der Waals surface area (Å²) in [5, 5.41) is 14.4. The summed E-state index contributed by atoms with van der Waals surface area (Å²) in [6, 6.07) is 23.1. The lowest BCUT2D eigenvalue weighted by atomic mass is 10.0. The van der Waals surface area contributed by atoms with Crippen molar-refractivity contribution in [1.82, 2.24) is 20.1 Å².